The average molecular weight is 428 g/mol. The molecule has 0 bridgehead atoms. The Hall–Kier alpha value is -2.40. The lowest BCUT2D eigenvalue weighted by Crippen LogP contribution is -2.25. The molecule has 170 valence electrons. The van der Waals surface area contributed by atoms with Crippen molar-refractivity contribution in [2.45, 2.75) is 39.5 Å². The van der Waals surface area contributed by atoms with E-state index in [2.05, 4.69) is 30.9 Å². The molecule has 2 aromatic rings. The van der Waals surface area contributed by atoms with Crippen molar-refractivity contribution in [3.8, 4) is 23.0 Å². The lowest BCUT2D eigenvalue weighted by molar-refractivity contribution is 0.230. The highest BCUT2D eigenvalue weighted by Crippen LogP contribution is 2.32. The molecular formula is C26H37NO4. The smallest absolute Gasteiger partial charge is 0.161 e. The van der Waals surface area contributed by atoms with Crippen molar-refractivity contribution in [2.24, 2.45) is 11.8 Å². The Morgan fingerprint density at radius 2 is 1.42 bits per heavy atom. The van der Waals surface area contributed by atoms with E-state index in [4.69, 9.17) is 14.2 Å². The molecule has 2 aromatic carbocycles. The number of benzene rings is 2. The molecule has 0 radical (unpaired) electrons. The molecule has 3 rings (SSSR count). The number of nitrogens with zero attached hydrogens (tertiary/aromatic N) is 1. The quantitative estimate of drug-likeness (QED) is 0.550. The first-order valence-corrected chi connectivity index (χ1v) is 11.4. The maximum atomic E-state index is 9.80. The largest absolute Gasteiger partial charge is 0.504 e. The molecule has 1 aliphatic heterocycles. The van der Waals surface area contributed by atoms with E-state index in [1.807, 2.05) is 18.2 Å². The van der Waals surface area contributed by atoms with Crippen LogP contribution < -0.4 is 14.2 Å². The third kappa shape index (κ3) is 6.54. The Morgan fingerprint density at radius 3 is 2.03 bits per heavy atom. The van der Waals surface area contributed by atoms with Crippen LogP contribution in [0, 0.1) is 11.8 Å². The molecule has 0 saturated carbocycles. The lowest BCUT2D eigenvalue weighted by atomic mass is 9.85. The Bertz CT molecular complexity index is 832. The van der Waals surface area contributed by atoms with Gasteiger partial charge >= 0.3 is 0 Å². The van der Waals surface area contributed by atoms with Gasteiger partial charge in [0.15, 0.2) is 23.0 Å². The number of methoxy groups -OCH3 is 2. The van der Waals surface area contributed by atoms with Gasteiger partial charge in [-0.05, 0) is 86.0 Å². The van der Waals surface area contributed by atoms with Crippen molar-refractivity contribution in [3.63, 3.8) is 0 Å². The van der Waals surface area contributed by atoms with E-state index in [0.717, 1.165) is 30.9 Å². The molecule has 1 aliphatic rings. The van der Waals surface area contributed by atoms with Gasteiger partial charge in [0.2, 0.25) is 0 Å². The summed E-state index contributed by atoms with van der Waals surface area (Å²) in [6.45, 7) is 8.60. The van der Waals surface area contributed by atoms with E-state index in [1.165, 1.54) is 37.1 Å². The maximum absolute atomic E-state index is 9.80. The minimum Gasteiger partial charge on any atom is -0.504 e. The summed E-state index contributed by atoms with van der Waals surface area (Å²) in [5.74, 6) is 3.32. The number of phenolic OH excluding ortho intramolecular Hbond substituents is 1. The molecule has 5 nitrogen and oxygen atoms in total. The molecule has 1 N–H and O–H groups in total. The fourth-order valence-corrected chi connectivity index (χ4v) is 4.24. The lowest BCUT2D eigenvalue weighted by Gasteiger charge is -2.21. The monoisotopic (exact) mass is 427 g/mol. The van der Waals surface area contributed by atoms with Crippen LogP contribution in [0.2, 0.25) is 0 Å². The summed E-state index contributed by atoms with van der Waals surface area (Å²) in [7, 11) is 3.29. The minimum atomic E-state index is 0.182. The van der Waals surface area contributed by atoms with Gasteiger partial charge in [-0.1, -0.05) is 26.0 Å². The topological polar surface area (TPSA) is 51.2 Å². The van der Waals surface area contributed by atoms with Crippen molar-refractivity contribution >= 4 is 0 Å². The summed E-state index contributed by atoms with van der Waals surface area (Å²) in [5, 5.41) is 9.80. The average Bonchev–Trinajstić information content (AvgIpc) is 3.29. The van der Waals surface area contributed by atoms with Gasteiger partial charge in [-0.3, -0.25) is 4.90 Å². The number of likely N-dealkylation sites (tertiary alicyclic amines) is 1. The van der Waals surface area contributed by atoms with Crippen LogP contribution in [-0.4, -0.2) is 50.5 Å². The number of phenols is 1. The van der Waals surface area contributed by atoms with Crippen LogP contribution in [0.5, 0.6) is 23.0 Å². The van der Waals surface area contributed by atoms with Crippen molar-refractivity contribution in [1.82, 2.24) is 4.90 Å². The van der Waals surface area contributed by atoms with E-state index in [0.29, 0.717) is 24.2 Å². The summed E-state index contributed by atoms with van der Waals surface area (Å²) in [6.07, 6.45) is 4.51. The van der Waals surface area contributed by atoms with E-state index >= 15 is 0 Å². The zero-order valence-corrected chi connectivity index (χ0v) is 19.4. The maximum Gasteiger partial charge on any atom is 0.161 e. The van der Waals surface area contributed by atoms with Crippen LogP contribution in [0.15, 0.2) is 36.4 Å². The second kappa shape index (κ2) is 11.3. The second-order valence-electron chi connectivity index (χ2n) is 8.75. The van der Waals surface area contributed by atoms with Gasteiger partial charge < -0.3 is 19.3 Å². The number of hydrogen-bond donors (Lipinski definition) is 1. The fraction of sp³-hybridized carbons (Fsp3) is 0.538. The summed E-state index contributed by atoms with van der Waals surface area (Å²) in [6, 6.07) is 11.9. The van der Waals surface area contributed by atoms with E-state index in [-0.39, 0.29) is 5.75 Å². The highest BCUT2D eigenvalue weighted by atomic mass is 16.5. The predicted octanol–water partition coefficient (Wildman–Crippen LogP) is 4.94. The molecule has 0 unspecified atom stereocenters. The van der Waals surface area contributed by atoms with Crippen molar-refractivity contribution in [2.75, 3.05) is 40.5 Å². The van der Waals surface area contributed by atoms with Crippen LogP contribution in [-0.2, 0) is 12.8 Å². The van der Waals surface area contributed by atoms with E-state index < -0.39 is 0 Å². The van der Waals surface area contributed by atoms with Crippen molar-refractivity contribution in [3.05, 3.63) is 47.5 Å². The normalized spacial score (nSPS) is 16.1. The summed E-state index contributed by atoms with van der Waals surface area (Å²) in [4.78, 5) is 2.45. The fourth-order valence-electron chi connectivity index (χ4n) is 4.24. The zero-order valence-electron chi connectivity index (χ0n) is 19.4. The SMILES string of the molecule is COc1cc(C[C@@H](C)[C@@H](C)Cc2ccc(OCCN3CCCC3)c(OC)c2)ccc1O. The molecule has 31 heavy (non-hydrogen) atoms. The second-order valence-corrected chi connectivity index (χ2v) is 8.75. The first-order valence-electron chi connectivity index (χ1n) is 11.4. The number of aromatic hydroxyl groups is 1. The molecule has 1 fully saturated rings. The Morgan fingerprint density at radius 1 is 0.839 bits per heavy atom. The molecule has 0 aromatic heterocycles. The summed E-state index contributed by atoms with van der Waals surface area (Å²) in [5.41, 5.74) is 2.43. The first kappa shape index (κ1) is 23.3. The van der Waals surface area contributed by atoms with Crippen LogP contribution in [0.3, 0.4) is 0 Å². The molecule has 0 spiro atoms. The number of ether oxygens (including phenoxy) is 3. The number of rotatable bonds is 11. The highest BCUT2D eigenvalue weighted by molar-refractivity contribution is 5.43. The van der Waals surface area contributed by atoms with Gasteiger partial charge in [-0.25, -0.2) is 0 Å². The third-order valence-electron chi connectivity index (χ3n) is 6.42. The predicted molar refractivity (Wildman–Crippen MR) is 125 cm³/mol. The molecule has 0 aliphatic carbocycles. The van der Waals surface area contributed by atoms with Gasteiger partial charge in [0, 0.05) is 6.54 Å². The van der Waals surface area contributed by atoms with Crippen LogP contribution in [0.25, 0.3) is 0 Å². The van der Waals surface area contributed by atoms with Crippen molar-refractivity contribution in [1.29, 1.82) is 0 Å². The third-order valence-corrected chi connectivity index (χ3v) is 6.42. The highest BCUT2D eigenvalue weighted by Gasteiger charge is 2.17. The Labute approximate surface area is 186 Å². The van der Waals surface area contributed by atoms with Crippen molar-refractivity contribution < 1.29 is 19.3 Å². The Kier molecular flexibility index (Phi) is 8.47. The minimum absolute atomic E-state index is 0.182. The Balaban J connectivity index is 1.55. The van der Waals surface area contributed by atoms with Gasteiger partial charge in [-0.2, -0.15) is 0 Å². The van der Waals surface area contributed by atoms with Crippen LogP contribution >= 0.6 is 0 Å². The molecule has 2 atom stereocenters. The number of hydrogen-bond acceptors (Lipinski definition) is 5. The van der Waals surface area contributed by atoms with Gasteiger partial charge in [0.05, 0.1) is 14.2 Å². The standard InChI is InChI=1S/C26H37NO4/c1-19(15-21-7-9-23(28)25(17-21)29-3)20(2)16-22-8-10-24(26(18-22)30-4)31-14-13-27-11-5-6-12-27/h7-10,17-20,28H,5-6,11-16H2,1-4H3/t19-,20+/m1/s1. The van der Waals surface area contributed by atoms with E-state index in [1.54, 1.807) is 20.3 Å². The molecule has 1 saturated heterocycles. The van der Waals surface area contributed by atoms with Gasteiger partial charge in [0.25, 0.3) is 0 Å². The molecular weight excluding hydrogens is 390 g/mol. The summed E-state index contributed by atoms with van der Waals surface area (Å²) < 4.78 is 16.9. The van der Waals surface area contributed by atoms with E-state index in [9.17, 15) is 5.11 Å². The summed E-state index contributed by atoms with van der Waals surface area (Å²) >= 11 is 0. The van der Waals surface area contributed by atoms with Crippen LogP contribution in [0.1, 0.15) is 37.8 Å². The van der Waals surface area contributed by atoms with Gasteiger partial charge in [0.1, 0.15) is 6.61 Å². The zero-order chi connectivity index (χ0) is 22.2. The first-order chi connectivity index (χ1) is 15.0. The molecule has 1 heterocycles. The molecule has 0 amide bonds. The van der Waals surface area contributed by atoms with Crippen LogP contribution in [0.4, 0.5) is 0 Å². The molecule has 5 heteroatoms. The van der Waals surface area contributed by atoms with Gasteiger partial charge in [-0.15, -0.1) is 0 Å².